The number of esters is 1. The minimum absolute atomic E-state index is 0.107. The average molecular weight is 355 g/mol. The van der Waals surface area contributed by atoms with Gasteiger partial charge in [0.1, 0.15) is 0 Å². The molecule has 0 bridgehead atoms. The van der Waals surface area contributed by atoms with Crippen molar-refractivity contribution >= 4 is 11.9 Å². The Balaban J connectivity index is 1.57. The summed E-state index contributed by atoms with van der Waals surface area (Å²) in [7, 11) is 0. The van der Waals surface area contributed by atoms with Gasteiger partial charge in [-0.05, 0) is 51.7 Å². The SMILES string of the molecule is Cc1nn(-c2ccccc2)c(C)c1CC(=O)OCC(=O)N[C@@H](C)C1CC1. The van der Waals surface area contributed by atoms with E-state index in [1.54, 1.807) is 0 Å². The van der Waals surface area contributed by atoms with Gasteiger partial charge in [0.2, 0.25) is 0 Å². The molecule has 3 rings (SSSR count). The van der Waals surface area contributed by atoms with Crippen LogP contribution >= 0.6 is 0 Å². The third kappa shape index (κ3) is 4.31. The second-order valence-electron chi connectivity index (χ2n) is 6.93. The number of carbonyl (C=O) groups excluding carboxylic acids is 2. The molecule has 1 saturated carbocycles. The molecule has 1 atom stereocenters. The summed E-state index contributed by atoms with van der Waals surface area (Å²) in [5.74, 6) is -0.0898. The lowest BCUT2D eigenvalue weighted by Gasteiger charge is -2.12. The summed E-state index contributed by atoms with van der Waals surface area (Å²) in [5.41, 5.74) is 3.47. The number of hydrogen-bond acceptors (Lipinski definition) is 4. The van der Waals surface area contributed by atoms with Crippen LogP contribution in [-0.2, 0) is 20.7 Å². The van der Waals surface area contributed by atoms with Crippen molar-refractivity contribution in [1.82, 2.24) is 15.1 Å². The number of nitrogens with zero attached hydrogens (tertiary/aromatic N) is 2. The van der Waals surface area contributed by atoms with E-state index in [2.05, 4.69) is 10.4 Å². The predicted molar refractivity (Wildman–Crippen MR) is 98.0 cm³/mol. The second-order valence-corrected chi connectivity index (χ2v) is 6.93. The molecular weight excluding hydrogens is 330 g/mol. The van der Waals surface area contributed by atoms with Gasteiger partial charge in [0.15, 0.2) is 6.61 Å². The van der Waals surface area contributed by atoms with Gasteiger partial charge in [-0.1, -0.05) is 18.2 Å². The molecular formula is C20H25N3O3. The van der Waals surface area contributed by atoms with Crippen molar-refractivity contribution in [2.75, 3.05) is 6.61 Å². The first-order chi connectivity index (χ1) is 12.5. The van der Waals surface area contributed by atoms with E-state index in [9.17, 15) is 9.59 Å². The van der Waals surface area contributed by atoms with Crippen LogP contribution < -0.4 is 5.32 Å². The molecule has 2 aromatic rings. The molecule has 0 saturated heterocycles. The Morgan fingerprint density at radius 1 is 1.27 bits per heavy atom. The van der Waals surface area contributed by atoms with Crippen LogP contribution in [0.4, 0.5) is 0 Å². The number of hydrogen-bond donors (Lipinski definition) is 1. The third-order valence-corrected chi connectivity index (χ3v) is 4.85. The quantitative estimate of drug-likeness (QED) is 0.775. The molecule has 1 heterocycles. The van der Waals surface area contributed by atoms with Crippen molar-refractivity contribution in [2.45, 2.75) is 46.1 Å². The van der Waals surface area contributed by atoms with Crippen molar-refractivity contribution in [3.05, 3.63) is 47.3 Å². The Kier molecular flexibility index (Phi) is 5.40. The van der Waals surface area contributed by atoms with Gasteiger partial charge in [-0.3, -0.25) is 9.59 Å². The minimum Gasteiger partial charge on any atom is -0.455 e. The minimum atomic E-state index is -0.418. The lowest BCUT2D eigenvalue weighted by molar-refractivity contribution is -0.148. The number of aromatic nitrogens is 2. The zero-order valence-corrected chi connectivity index (χ0v) is 15.5. The van der Waals surface area contributed by atoms with Crippen molar-refractivity contribution in [3.63, 3.8) is 0 Å². The second kappa shape index (κ2) is 7.72. The number of para-hydroxylation sites is 1. The van der Waals surface area contributed by atoms with Gasteiger partial charge in [0, 0.05) is 17.3 Å². The van der Waals surface area contributed by atoms with Gasteiger partial charge in [0.25, 0.3) is 5.91 Å². The smallest absolute Gasteiger partial charge is 0.310 e. The van der Waals surface area contributed by atoms with Crippen LogP contribution in [0.15, 0.2) is 30.3 Å². The van der Waals surface area contributed by atoms with Gasteiger partial charge in [-0.25, -0.2) is 4.68 Å². The first-order valence-corrected chi connectivity index (χ1v) is 9.01. The number of amides is 1. The van der Waals surface area contributed by atoms with Gasteiger partial charge in [-0.2, -0.15) is 5.10 Å². The molecule has 6 heteroatoms. The molecule has 1 aromatic carbocycles. The summed E-state index contributed by atoms with van der Waals surface area (Å²) in [6, 6.07) is 9.92. The van der Waals surface area contributed by atoms with E-state index in [0.29, 0.717) is 5.92 Å². The lowest BCUT2D eigenvalue weighted by Crippen LogP contribution is -2.37. The molecule has 1 amide bonds. The first kappa shape index (κ1) is 18.2. The molecule has 1 fully saturated rings. The van der Waals surface area contributed by atoms with Crippen LogP contribution in [0.2, 0.25) is 0 Å². The highest BCUT2D eigenvalue weighted by Gasteiger charge is 2.29. The Labute approximate surface area is 153 Å². The largest absolute Gasteiger partial charge is 0.455 e. The summed E-state index contributed by atoms with van der Waals surface area (Å²) in [6.45, 7) is 5.56. The predicted octanol–water partition coefficient (Wildman–Crippen LogP) is 2.49. The van der Waals surface area contributed by atoms with Crippen LogP contribution in [0.5, 0.6) is 0 Å². The maximum atomic E-state index is 12.2. The van der Waals surface area contributed by atoms with Crippen LogP contribution in [0.3, 0.4) is 0 Å². The summed E-state index contributed by atoms with van der Waals surface area (Å²) in [6.07, 6.45) is 2.42. The van der Waals surface area contributed by atoms with Crippen molar-refractivity contribution in [2.24, 2.45) is 5.92 Å². The number of rotatable bonds is 7. The van der Waals surface area contributed by atoms with E-state index in [4.69, 9.17) is 4.74 Å². The maximum Gasteiger partial charge on any atom is 0.310 e. The fourth-order valence-corrected chi connectivity index (χ4v) is 3.10. The normalized spacial score (nSPS) is 14.7. The fraction of sp³-hybridized carbons (Fsp3) is 0.450. The molecule has 26 heavy (non-hydrogen) atoms. The molecule has 1 N–H and O–H groups in total. The van der Waals surface area contributed by atoms with Gasteiger partial charge in [-0.15, -0.1) is 0 Å². The van der Waals surface area contributed by atoms with Crippen molar-refractivity contribution < 1.29 is 14.3 Å². The number of aryl methyl sites for hydroxylation is 1. The van der Waals surface area contributed by atoms with E-state index in [1.165, 1.54) is 0 Å². The molecule has 1 aliphatic carbocycles. The van der Waals surface area contributed by atoms with E-state index >= 15 is 0 Å². The van der Waals surface area contributed by atoms with Crippen LogP contribution in [0.1, 0.15) is 36.7 Å². The van der Waals surface area contributed by atoms with Crippen LogP contribution in [-0.4, -0.2) is 34.3 Å². The molecule has 1 aliphatic rings. The zero-order valence-electron chi connectivity index (χ0n) is 15.5. The molecule has 1 aromatic heterocycles. The van der Waals surface area contributed by atoms with Crippen LogP contribution in [0.25, 0.3) is 5.69 Å². The Hall–Kier alpha value is -2.63. The van der Waals surface area contributed by atoms with E-state index in [0.717, 1.165) is 35.5 Å². The topological polar surface area (TPSA) is 73.2 Å². The summed E-state index contributed by atoms with van der Waals surface area (Å²) >= 11 is 0. The first-order valence-electron chi connectivity index (χ1n) is 9.01. The molecule has 0 radical (unpaired) electrons. The van der Waals surface area contributed by atoms with Crippen molar-refractivity contribution in [1.29, 1.82) is 0 Å². The van der Waals surface area contributed by atoms with Crippen molar-refractivity contribution in [3.8, 4) is 5.69 Å². The monoisotopic (exact) mass is 355 g/mol. The molecule has 0 aliphatic heterocycles. The van der Waals surface area contributed by atoms with E-state index < -0.39 is 5.97 Å². The highest BCUT2D eigenvalue weighted by atomic mass is 16.5. The number of carbonyl (C=O) groups is 2. The molecule has 0 unspecified atom stereocenters. The number of ether oxygens (including phenoxy) is 1. The maximum absolute atomic E-state index is 12.2. The molecule has 0 spiro atoms. The highest BCUT2D eigenvalue weighted by Crippen LogP contribution is 2.32. The Bertz CT molecular complexity index is 794. The molecule has 138 valence electrons. The lowest BCUT2D eigenvalue weighted by atomic mass is 10.1. The van der Waals surface area contributed by atoms with Gasteiger partial charge in [0.05, 0.1) is 17.8 Å². The fourth-order valence-electron chi connectivity index (χ4n) is 3.10. The number of nitrogens with one attached hydrogen (secondary N) is 1. The van der Waals surface area contributed by atoms with E-state index in [1.807, 2.05) is 55.8 Å². The Morgan fingerprint density at radius 2 is 1.96 bits per heavy atom. The van der Waals surface area contributed by atoms with Gasteiger partial charge >= 0.3 is 5.97 Å². The zero-order chi connectivity index (χ0) is 18.7. The number of benzene rings is 1. The molecule has 6 nitrogen and oxygen atoms in total. The van der Waals surface area contributed by atoms with E-state index in [-0.39, 0.29) is 25.0 Å². The summed E-state index contributed by atoms with van der Waals surface area (Å²) < 4.78 is 6.97. The summed E-state index contributed by atoms with van der Waals surface area (Å²) in [4.78, 5) is 24.0. The standard InChI is InChI=1S/C20H25N3O3/c1-13(16-9-10-16)21-19(24)12-26-20(25)11-18-14(2)22-23(15(18)3)17-7-5-4-6-8-17/h4-8,13,16H,9-12H2,1-3H3,(H,21,24)/t13-/m0/s1. The highest BCUT2D eigenvalue weighted by molar-refractivity contribution is 5.81. The van der Waals surface area contributed by atoms with Gasteiger partial charge < -0.3 is 10.1 Å². The third-order valence-electron chi connectivity index (χ3n) is 4.85. The van der Waals surface area contributed by atoms with Crippen LogP contribution in [0, 0.1) is 19.8 Å². The Morgan fingerprint density at radius 3 is 2.62 bits per heavy atom. The summed E-state index contributed by atoms with van der Waals surface area (Å²) in [5, 5.41) is 7.40. The average Bonchev–Trinajstić information content (AvgIpc) is 3.44.